The molecule has 27 heavy (non-hydrogen) atoms. The van der Waals surface area contributed by atoms with Crippen molar-refractivity contribution in [3.63, 3.8) is 0 Å². The lowest BCUT2D eigenvalue weighted by molar-refractivity contribution is -0.118. The molecule has 7 heteroatoms. The van der Waals surface area contributed by atoms with Crippen molar-refractivity contribution in [3.8, 4) is 17.0 Å². The van der Waals surface area contributed by atoms with Gasteiger partial charge in [0.05, 0.1) is 11.3 Å². The van der Waals surface area contributed by atoms with Crippen molar-refractivity contribution in [2.75, 3.05) is 11.9 Å². The molecule has 3 aromatic rings. The number of ether oxygens (including phenoxy) is 1. The second-order valence-electron chi connectivity index (χ2n) is 5.44. The number of aromatic nitrogens is 1. The van der Waals surface area contributed by atoms with E-state index in [2.05, 4.69) is 10.3 Å². The maximum absolute atomic E-state index is 12.0. The standard InChI is InChI=1S/C20H16N2O4.ClH/c23-18(22-17-9-5-4-8-16(17)20(24)25)13-26-19-11-10-15(12-21-19)14-6-2-1-3-7-14;/h1-12H,13H2,(H,22,23)(H,24,25);1H. The summed E-state index contributed by atoms with van der Waals surface area (Å²) in [5.74, 6) is -1.26. The number of carboxylic acids is 1. The van der Waals surface area contributed by atoms with Crippen LogP contribution in [0.2, 0.25) is 0 Å². The average Bonchev–Trinajstić information content (AvgIpc) is 2.68. The normalized spacial score (nSPS) is 9.78. The Morgan fingerprint density at radius 3 is 2.30 bits per heavy atom. The van der Waals surface area contributed by atoms with E-state index in [4.69, 9.17) is 9.84 Å². The molecule has 138 valence electrons. The molecule has 1 amide bonds. The first-order valence-electron chi connectivity index (χ1n) is 7.90. The van der Waals surface area contributed by atoms with Crippen molar-refractivity contribution in [1.29, 1.82) is 0 Å². The highest BCUT2D eigenvalue weighted by atomic mass is 35.5. The number of hydrogen-bond acceptors (Lipinski definition) is 4. The molecule has 2 aromatic carbocycles. The summed E-state index contributed by atoms with van der Waals surface area (Å²) in [5.41, 5.74) is 2.22. The van der Waals surface area contributed by atoms with Gasteiger partial charge in [0.1, 0.15) is 0 Å². The van der Waals surface area contributed by atoms with Gasteiger partial charge in [0, 0.05) is 17.8 Å². The van der Waals surface area contributed by atoms with Gasteiger partial charge in [-0.3, -0.25) is 4.79 Å². The molecule has 2 N–H and O–H groups in total. The van der Waals surface area contributed by atoms with Crippen molar-refractivity contribution >= 4 is 30.0 Å². The second-order valence-corrected chi connectivity index (χ2v) is 5.44. The molecule has 0 aliphatic rings. The molecule has 0 saturated heterocycles. The van der Waals surface area contributed by atoms with Gasteiger partial charge in [-0.25, -0.2) is 9.78 Å². The summed E-state index contributed by atoms with van der Waals surface area (Å²) >= 11 is 0. The number of aromatic carboxylic acids is 1. The van der Waals surface area contributed by atoms with Gasteiger partial charge in [0.2, 0.25) is 5.88 Å². The summed E-state index contributed by atoms with van der Waals surface area (Å²) in [5, 5.41) is 11.6. The minimum Gasteiger partial charge on any atom is -0.478 e. The van der Waals surface area contributed by atoms with Crippen LogP contribution in [0.25, 0.3) is 11.1 Å². The minimum absolute atomic E-state index is 0. The Labute approximate surface area is 162 Å². The quantitative estimate of drug-likeness (QED) is 0.673. The molecule has 0 atom stereocenters. The molecule has 1 aromatic heterocycles. The van der Waals surface area contributed by atoms with Crippen molar-refractivity contribution in [3.05, 3.63) is 78.5 Å². The topological polar surface area (TPSA) is 88.5 Å². The van der Waals surface area contributed by atoms with E-state index in [9.17, 15) is 9.59 Å². The predicted molar refractivity (Wildman–Crippen MR) is 104 cm³/mol. The number of carboxylic acid groups (broad SMARTS) is 1. The van der Waals surface area contributed by atoms with E-state index in [0.717, 1.165) is 11.1 Å². The molecule has 0 bridgehead atoms. The maximum Gasteiger partial charge on any atom is 0.337 e. The van der Waals surface area contributed by atoms with Gasteiger partial charge in [-0.1, -0.05) is 42.5 Å². The van der Waals surface area contributed by atoms with Crippen LogP contribution < -0.4 is 10.1 Å². The number of nitrogens with zero attached hydrogens (tertiary/aromatic N) is 1. The van der Waals surface area contributed by atoms with Crippen LogP contribution in [0.4, 0.5) is 5.69 Å². The van der Waals surface area contributed by atoms with Gasteiger partial charge >= 0.3 is 5.97 Å². The fourth-order valence-corrected chi connectivity index (χ4v) is 2.37. The Kier molecular flexibility index (Phi) is 6.91. The van der Waals surface area contributed by atoms with E-state index in [1.165, 1.54) is 12.1 Å². The van der Waals surface area contributed by atoms with Gasteiger partial charge in [-0.15, -0.1) is 12.4 Å². The number of carbonyl (C=O) groups excluding carboxylic acids is 1. The van der Waals surface area contributed by atoms with Gasteiger partial charge < -0.3 is 15.2 Å². The first-order valence-corrected chi connectivity index (χ1v) is 7.90. The van der Waals surface area contributed by atoms with Crippen molar-refractivity contribution in [2.24, 2.45) is 0 Å². The summed E-state index contributed by atoms with van der Waals surface area (Å²) < 4.78 is 5.36. The monoisotopic (exact) mass is 384 g/mol. The van der Waals surface area contributed by atoms with E-state index in [1.807, 2.05) is 36.4 Å². The SMILES string of the molecule is Cl.O=C(COc1ccc(-c2ccccc2)cn1)Nc1ccccc1C(=O)O. The third kappa shape index (κ3) is 5.29. The van der Waals surface area contributed by atoms with Crippen molar-refractivity contribution in [2.45, 2.75) is 0 Å². The number of halogens is 1. The molecule has 6 nitrogen and oxygen atoms in total. The van der Waals surface area contributed by atoms with Gasteiger partial charge in [0.15, 0.2) is 6.61 Å². The lowest BCUT2D eigenvalue weighted by Crippen LogP contribution is -2.21. The number of anilines is 1. The number of benzene rings is 2. The number of rotatable bonds is 6. The Hall–Kier alpha value is -3.38. The third-order valence-corrected chi connectivity index (χ3v) is 3.63. The van der Waals surface area contributed by atoms with E-state index in [0.29, 0.717) is 5.88 Å². The van der Waals surface area contributed by atoms with E-state index >= 15 is 0 Å². The van der Waals surface area contributed by atoms with Gasteiger partial charge in [0.25, 0.3) is 5.91 Å². The molecule has 0 aliphatic carbocycles. The molecule has 0 spiro atoms. The minimum atomic E-state index is -1.11. The lowest BCUT2D eigenvalue weighted by atomic mass is 10.1. The first kappa shape index (κ1) is 19.9. The van der Waals surface area contributed by atoms with Crippen LogP contribution in [0.5, 0.6) is 5.88 Å². The number of hydrogen-bond donors (Lipinski definition) is 2. The Morgan fingerprint density at radius 1 is 0.926 bits per heavy atom. The van der Waals surface area contributed by atoms with E-state index in [-0.39, 0.29) is 30.3 Å². The highest BCUT2D eigenvalue weighted by Gasteiger charge is 2.12. The zero-order valence-corrected chi connectivity index (χ0v) is 15.0. The third-order valence-electron chi connectivity index (χ3n) is 3.63. The molecular formula is C20H17ClN2O4. The zero-order chi connectivity index (χ0) is 18.4. The smallest absolute Gasteiger partial charge is 0.337 e. The lowest BCUT2D eigenvalue weighted by Gasteiger charge is -2.09. The van der Waals surface area contributed by atoms with E-state index in [1.54, 1.807) is 24.4 Å². The highest BCUT2D eigenvalue weighted by Crippen LogP contribution is 2.20. The van der Waals surface area contributed by atoms with E-state index < -0.39 is 11.9 Å². The average molecular weight is 385 g/mol. The highest BCUT2D eigenvalue weighted by molar-refractivity contribution is 6.00. The maximum atomic E-state index is 12.0. The molecule has 0 radical (unpaired) electrons. The molecule has 0 unspecified atom stereocenters. The van der Waals surface area contributed by atoms with Crippen LogP contribution in [0.15, 0.2) is 72.9 Å². The molecule has 3 rings (SSSR count). The molecule has 1 heterocycles. The summed E-state index contributed by atoms with van der Waals surface area (Å²) in [6.45, 7) is -0.272. The number of para-hydroxylation sites is 1. The number of carbonyl (C=O) groups is 2. The number of amides is 1. The zero-order valence-electron chi connectivity index (χ0n) is 14.2. The predicted octanol–water partition coefficient (Wildman–Crippen LogP) is 3.89. The Bertz CT molecular complexity index is 915. The van der Waals surface area contributed by atoms with Crippen LogP contribution in [0.1, 0.15) is 10.4 Å². The summed E-state index contributed by atoms with van der Waals surface area (Å²) in [6.07, 6.45) is 1.67. The summed E-state index contributed by atoms with van der Waals surface area (Å²) in [7, 11) is 0. The van der Waals surface area contributed by atoms with Gasteiger partial charge in [-0.05, 0) is 23.8 Å². The van der Waals surface area contributed by atoms with Gasteiger partial charge in [-0.2, -0.15) is 0 Å². The van der Waals surface area contributed by atoms with Crippen LogP contribution in [0.3, 0.4) is 0 Å². The fourth-order valence-electron chi connectivity index (χ4n) is 2.37. The fraction of sp³-hybridized carbons (Fsp3) is 0.0500. The Balaban J connectivity index is 0.00000261. The number of nitrogens with one attached hydrogen (secondary N) is 1. The summed E-state index contributed by atoms with van der Waals surface area (Å²) in [6, 6.07) is 19.5. The second kappa shape index (κ2) is 9.35. The molecule has 0 saturated carbocycles. The van der Waals surface area contributed by atoms with Crippen molar-refractivity contribution in [1.82, 2.24) is 4.98 Å². The Morgan fingerprint density at radius 2 is 1.63 bits per heavy atom. The molecule has 0 aliphatic heterocycles. The first-order chi connectivity index (χ1) is 12.6. The van der Waals surface area contributed by atoms with Crippen LogP contribution in [-0.2, 0) is 4.79 Å². The molecule has 0 fully saturated rings. The largest absolute Gasteiger partial charge is 0.478 e. The van der Waals surface area contributed by atoms with Crippen molar-refractivity contribution < 1.29 is 19.4 Å². The van der Waals surface area contributed by atoms with Crippen LogP contribution in [0, 0.1) is 0 Å². The van der Waals surface area contributed by atoms with Crippen LogP contribution in [-0.4, -0.2) is 28.6 Å². The molecular weight excluding hydrogens is 368 g/mol. The van der Waals surface area contributed by atoms with Crippen LogP contribution >= 0.6 is 12.4 Å². The number of pyridine rings is 1. The summed E-state index contributed by atoms with van der Waals surface area (Å²) in [4.78, 5) is 27.3.